The van der Waals surface area contributed by atoms with E-state index in [0.717, 1.165) is 19.4 Å². The highest BCUT2D eigenvalue weighted by atomic mass is 16.2. The monoisotopic (exact) mass is 349 g/mol. The summed E-state index contributed by atoms with van der Waals surface area (Å²) in [6, 6.07) is 7.83. The van der Waals surface area contributed by atoms with Crippen molar-refractivity contribution < 1.29 is 4.79 Å². The molecule has 4 heteroatoms. The number of hydrogen-bond acceptors (Lipinski definition) is 2. The first kappa shape index (κ1) is 16.1. The highest BCUT2D eigenvalue weighted by Gasteiger charge is 2.43. The molecule has 1 amide bonds. The smallest absolute Gasteiger partial charge is 0.228 e. The lowest BCUT2D eigenvalue weighted by molar-refractivity contribution is -0.125. The second-order valence-corrected chi connectivity index (χ2v) is 8.24. The van der Waals surface area contributed by atoms with Gasteiger partial charge in [0.25, 0.3) is 0 Å². The summed E-state index contributed by atoms with van der Waals surface area (Å²) in [4.78, 5) is 18.9. The summed E-state index contributed by atoms with van der Waals surface area (Å²) in [5, 5.41) is 4.55. The average Bonchev–Trinajstić information content (AvgIpc) is 3.42. The topological polar surface area (TPSA) is 48.1 Å². The molecule has 2 aliphatic carbocycles. The molecular formula is C22H27N3O. The van der Waals surface area contributed by atoms with Crippen molar-refractivity contribution in [2.45, 2.75) is 57.7 Å². The molecule has 2 aromatic rings. The molecule has 5 rings (SSSR count). The van der Waals surface area contributed by atoms with Crippen LogP contribution in [0.25, 0.3) is 16.5 Å². The number of carbonyl (C=O) groups is 1. The van der Waals surface area contributed by atoms with Gasteiger partial charge in [-0.15, -0.1) is 0 Å². The van der Waals surface area contributed by atoms with Gasteiger partial charge in [0, 0.05) is 41.8 Å². The first-order valence-corrected chi connectivity index (χ1v) is 10.0. The lowest BCUT2D eigenvalue weighted by Gasteiger charge is -2.42. The van der Waals surface area contributed by atoms with Gasteiger partial charge in [0.05, 0.1) is 5.92 Å². The molecule has 2 N–H and O–H groups in total. The minimum absolute atomic E-state index is 0.0494. The standard InChI is InChI=1S/C22H27N3O/c1-3-13(2)24-22(26)15-9-18-17-5-4-6-19-21(17)14(11-23-19)10-20(18)25(12-15)16-7-8-16/h4-6,9,11,13,15-16,20,23H,3,7-8,10,12H2,1-2H3,(H,24,26)/t13?,15-,20-/m1/s1. The molecule has 0 saturated heterocycles. The molecular weight excluding hydrogens is 322 g/mol. The van der Waals surface area contributed by atoms with Gasteiger partial charge in [-0.05, 0) is 55.4 Å². The van der Waals surface area contributed by atoms with Crippen molar-refractivity contribution in [2.75, 3.05) is 6.54 Å². The summed E-state index contributed by atoms with van der Waals surface area (Å²) in [5.41, 5.74) is 5.32. The van der Waals surface area contributed by atoms with Gasteiger partial charge in [-0.2, -0.15) is 0 Å². The van der Waals surface area contributed by atoms with Crippen LogP contribution in [0.3, 0.4) is 0 Å². The Hall–Kier alpha value is -2.07. The normalized spacial score (nSPS) is 26.3. The number of aromatic nitrogens is 1. The molecule has 136 valence electrons. The fourth-order valence-electron chi connectivity index (χ4n) is 4.70. The first-order chi connectivity index (χ1) is 12.7. The third-order valence-electron chi connectivity index (χ3n) is 6.41. The predicted octanol–water partition coefficient (Wildman–Crippen LogP) is 3.48. The molecule has 3 aliphatic rings. The number of H-pyrrole nitrogens is 1. The average molecular weight is 349 g/mol. The molecule has 1 saturated carbocycles. The van der Waals surface area contributed by atoms with E-state index in [-0.39, 0.29) is 17.9 Å². The van der Waals surface area contributed by atoms with E-state index in [0.29, 0.717) is 12.1 Å². The van der Waals surface area contributed by atoms with Crippen LogP contribution < -0.4 is 5.32 Å². The van der Waals surface area contributed by atoms with E-state index in [4.69, 9.17) is 0 Å². The van der Waals surface area contributed by atoms with Crippen LogP contribution in [0, 0.1) is 5.92 Å². The second kappa shape index (κ2) is 5.98. The van der Waals surface area contributed by atoms with Gasteiger partial charge in [-0.3, -0.25) is 9.69 Å². The second-order valence-electron chi connectivity index (χ2n) is 8.24. The van der Waals surface area contributed by atoms with Crippen LogP contribution in [0.15, 0.2) is 30.5 Å². The summed E-state index contributed by atoms with van der Waals surface area (Å²) in [6.07, 6.45) is 9.01. The Morgan fingerprint density at radius 3 is 3.00 bits per heavy atom. The number of rotatable bonds is 4. The molecule has 1 aromatic heterocycles. The number of benzene rings is 1. The van der Waals surface area contributed by atoms with Crippen molar-refractivity contribution in [3.63, 3.8) is 0 Å². The van der Waals surface area contributed by atoms with E-state index < -0.39 is 0 Å². The van der Waals surface area contributed by atoms with Crippen LogP contribution in [0.1, 0.15) is 44.2 Å². The summed E-state index contributed by atoms with van der Waals surface area (Å²) in [7, 11) is 0. The number of nitrogens with zero attached hydrogens (tertiary/aromatic N) is 1. The Kier molecular flexibility index (Phi) is 3.71. The van der Waals surface area contributed by atoms with Crippen molar-refractivity contribution in [1.29, 1.82) is 0 Å². The molecule has 0 spiro atoms. The minimum Gasteiger partial charge on any atom is -0.361 e. The van der Waals surface area contributed by atoms with E-state index in [1.165, 1.54) is 40.4 Å². The Bertz CT molecular complexity index is 892. The maximum Gasteiger partial charge on any atom is 0.228 e. The highest BCUT2D eigenvalue weighted by molar-refractivity contribution is 5.99. The summed E-state index contributed by atoms with van der Waals surface area (Å²) >= 11 is 0. The number of aromatic amines is 1. The van der Waals surface area contributed by atoms with Crippen LogP contribution >= 0.6 is 0 Å². The van der Waals surface area contributed by atoms with Crippen LogP contribution in [0.5, 0.6) is 0 Å². The number of hydrogen-bond donors (Lipinski definition) is 2. The van der Waals surface area contributed by atoms with E-state index in [1.54, 1.807) is 0 Å². The van der Waals surface area contributed by atoms with Crippen LogP contribution in [0.2, 0.25) is 0 Å². The maximum atomic E-state index is 12.9. The largest absolute Gasteiger partial charge is 0.361 e. The van der Waals surface area contributed by atoms with Gasteiger partial charge >= 0.3 is 0 Å². The molecule has 4 nitrogen and oxygen atoms in total. The summed E-state index contributed by atoms with van der Waals surface area (Å²) in [5.74, 6) is 0.134. The van der Waals surface area contributed by atoms with Gasteiger partial charge in [0.15, 0.2) is 0 Å². The quantitative estimate of drug-likeness (QED) is 0.888. The van der Waals surface area contributed by atoms with Gasteiger partial charge in [0.1, 0.15) is 0 Å². The Labute approximate surface area is 154 Å². The molecule has 0 radical (unpaired) electrons. The zero-order valence-corrected chi connectivity index (χ0v) is 15.6. The maximum absolute atomic E-state index is 12.9. The molecule has 1 unspecified atom stereocenters. The van der Waals surface area contributed by atoms with E-state index in [1.807, 2.05) is 0 Å². The summed E-state index contributed by atoms with van der Waals surface area (Å²) in [6.45, 7) is 5.06. The third-order valence-corrected chi connectivity index (χ3v) is 6.41. The number of carbonyl (C=O) groups excluding carboxylic acids is 1. The van der Waals surface area contributed by atoms with E-state index in [9.17, 15) is 4.79 Å². The van der Waals surface area contributed by atoms with Gasteiger partial charge < -0.3 is 10.3 Å². The third kappa shape index (κ3) is 2.50. The number of amides is 1. The number of fused-ring (bicyclic) bond motifs is 2. The SMILES string of the molecule is CCC(C)NC(=O)[C@@H]1C=C2c3cccc4[nH]cc(c34)C[C@H]2N(C2CC2)C1. The van der Waals surface area contributed by atoms with Gasteiger partial charge in [-0.25, -0.2) is 0 Å². The Balaban J connectivity index is 1.57. The van der Waals surface area contributed by atoms with E-state index in [2.05, 4.69) is 59.5 Å². The molecule has 1 fully saturated rings. The minimum atomic E-state index is -0.0494. The Morgan fingerprint density at radius 2 is 2.23 bits per heavy atom. The predicted molar refractivity (Wildman–Crippen MR) is 105 cm³/mol. The molecule has 26 heavy (non-hydrogen) atoms. The van der Waals surface area contributed by atoms with Gasteiger partial charge in [0.2, 0.25) is 5.91 Å². The van der Waals surface area contributed by atoms with Crippen molar-refractivity contribution >= 4 is 22.4 Å². The Morgan fingerprint density at radius 1 is 1.38 bits per heavy atom. The summed E-state index contributed by atoms with van der Waals surface area (Å²) < 4.78 is 0. The first-order valence-electron chi connectivity index (χ1n) is 10.0. The zero-order valence-electron chi connectivity index (χ0n) is 15.6. The fraction of sp³-hybridized carbons (Fsp3) is 0.500. The van der Waals surface area contributed by atoms with Crippen molar-refractivity contribution in [2.24, 2.45) is 5.92 Å². The molecule has 0 bridgehead atoms. The fourth-order valence-corrected chi connectivity index (χ4v) is 4.70. The van der Waals surface area contributed by atoms with Crippen LogP contribution in [-0.2, 0) is 11.2 Å². The molecule has 1 aromatic carbocycles. The number of nitrogens with one attached hydrogen (secondary N) is 2. The lowest BCUT2D eigenvalue weighted by Crippen LogP contribution is -2.50. The van der Waals surface area contributed by atoms with Crippen molar-refractivity contribution in [3.05, 3.63) is 41.6 Å². The van der Waals surface area contributed by atoms with Crippen molar-refractivity contribution in [3.8, 4) is 0 Å². The molecule has 1 aliphatic heterocycles. The highest BCUT2D eigenvalue weighted by Crippen LogP contribution is 2.44. The van der Waals surface area contributed by atoms with Gasteiger partial charge in [-0.1, -0.05) is 25.1 Å². The zero-order chi connectivity index (χ0) is 17.8. The molecule has 2 heterocycles. The lowest BCUT2D eigenvalue weighted by atomic mass is 9.79. The van der Waals surface area contributed by atoms with Crippen molar-refractivity contribution in [1.82, 2.24) is 15.2 Å². The van der Waals surface area contributed by atoms with Crippen LogP contribution in [-0.4, -0.2) is 40.5 Å². The van der Waals surface area contributed by atoms with E-state index >= 15 is 0 Å². The molecule has 3 atom stereocenters. The van der Waals surface area contributed by atoms with Crippen LogP contribution in [0.4, 0.5) is 0 Å².